The Morgan fingerprint density at radius 2 is 1.71 bits per heavy atom. The molecule has 148 valence electrons. The lowest BCUT2D eigenvalue weighted by Gasteiger charge is -2.30. The van der Waals surface area contributed by atoms with Gasteiger partial charge in [-0.3, -0.25) is 14.5 Å². The number of benzene rings is 2. The monoisotopic (exact) mass is 383 g/mol. The van der Waals surface area contributed by atoms with Crippen LogP contribution in [0.4, 0.5) is 15.8 Å². The Balaban J connectivity index is 1.46. The molecular weight excluding hydrogens is 357 g/mol. The highest BCUT2D eigenvalue weighted by atomic mass is 19.1. The van der Waals surface area contributed by atoms with Crippen molar-refractivity contribution in [3.05, 3.63) is 59.4 Å². The maximum atomic E-state index is 12.9. The zero-order chi connectivity index (χ0) is 20.1. The molecule has 2 N–H and O–H groups in total. The highest BCUT2D eigenvalue weighted by Crippen LogP contribution is 2.22. The molecule has 0 aliphatic carbocycles. The van der Waals surface area contributed by atoms with Crippen molar-refractivity contribution in [2.45, 2.75) is 26.7 Å². The highest BCUT2D eigenvalue weighted by Gasteiger charge is 2.26. The first kappa shape index (κ1) is 20.0. The second kappa shape index (κ2) is 8.97. The van der Waals surface area contributed by atoms with Crippen LogP contribution in [0.2, 0.25) is 0 Å². The van der Waals surface area contributed by atoms with Crippen molar-refractivity contribution in [2.24, 2.45) is 5.92 Å². The third-order valence-electron chi connectivity index (χ3n) is 5.10. The minimum absolute atomic E-state index is 0.0451. The Kier molecular flexibility index (Phi) is 6.41. The predicted molar refractivity (Wildman–Crippen MR) is 109 cm³/mol. The second-order valence-electron chi connectivity index (χ2n) is 7.41. The number of nitrogens with zero attached hydrogens (tertiary/aromatic N) is 1. The van der Waals surface area contributed by atoms with Crippen LogP contribution in [-0.2, 0) is 9.59 Å². The Labute approximate surface area is 164 Å². The summed E-state index contributed by atoms with van der Waals surface area (Å²) in [5.74, 6) is -0.468. The largest absolute Gasteiger partial charge is 0.326 e. The first-order valence-corrected chi connectivity index (χ1v) is 9.56. The molecule has 0 atom stereocenters. The summed E-state index contributed by atoms with van der Waals surface area (Å²) in [6.45, 7) is 5.65. The number of rotatable bonds is 5. The average molecular weight is 383 g/mol. The van der Waals surface area contributed by atoms with Crippen molar-refractivity contribution in [1.29, 1.82) is 0 Å². The summed E-state index contributed by atoms with van der Waals surface area (Å²) in [7, 11) is 0. The first-order chi connectivity index (χ1) is 13.4. The van der Waals surface area contributed by atoms with E-state index in [9.17, 15) is 14.0 Å². The molecule has 1 aliphatic rings. The van der Waals surface area contributed by atoms with Gasteiger partial charge in [0.1, 0.15) is 5.82 Å². The lowest BCUT2D eigenvalue weighted by Crippen LogP contribution is -2.41. The number of amides is 2. The predicted octanol–water partition coefficient (Wildman–Crippen LogP) is 3.73. The van der Waals surface area contributed by atoms with Crippen molar-refractivity contribution < 1.29 is 14.0 Å². The van der Waals surface area contributed by atoms with Crippen molar-refractivity contribution in [1.82, 2.24) is 4.90 Å². The van der Waals surface area contributed by atoms with E-state index in [0.717, 1.165) is 29.7 Å². The van der Waals surface area contributed by atoms with E-state index in [2.05, 4.69) is 10.6 Å². The van der Waals surface area contributed by atoms with Gasteiger partial charge in [-0.1, -0.05) is 12.1 Å². The molecule has 3 rings (SSSR count). The fraction of sp³-hybridized carbons (Fsp3) is 0.364. The fourth-order valence-electron chi connectivity index (χ4n) is 3.40. The van der Waals surface area contributed by atoms with Crippen LogP contribution in [0.3, 0.4) is 0 Å². The molecule has 0 spiro atoms. The van der Waals surface area contributed by atoms with E-state index >= 15 is 0 Å². The van der Waals surface area contributed by atoms with E-state index in [1.807, 2.05) is 36.9 Å². The van der Waals surface area contributed by atoms with Crippen molar-refractivity contribution in [3.63, 3.8) is 0 Å². The lowest BCUT2D eigenvalue weighted by molar-refractivity contribution is -0.121. The standard InChI is InChI=1S/C22H26FN3O2/c1-15-3-4-16(2)20(13-15)25-22(28)17-9-11-26(12-10-17)14-21(27)24-19-7-5-18(23)6-8-19/h3-8,13,17H,9-12,14H2,1-2H3,(H,24,27)(H,25,28). The van der Waals surface area contributed by atoms with Crippen LogP contribution >= 0.6 is 0 Å². The molecule has 1 fully saturated rings. The number of nitrogens with one attached hydrogen (secondary N) is 2. The smallest absolute Gasteiger partial charge is 0.238 e. The van der Waals surface area contributed by atoms with Gasteiger partial charge in [0.15, 0.2) is 0 Å². The zero-order valence-corrected chi connectivity index (χ0v) is 16.3. The summed E-state index contributed by atoms with van der Waals surface area (Å²) < 4.78 is 12.9. The third kappa shape index (κ3) is 5.39. The van der Waals surface area contributed by atoms with Gasteiger partial charge in [-0.25, -0.2) is 4.39 Å². The number of hydrogen-bond donors (Lipinski definition) is 2. The molecule has 0 bridgehead atoms. The van der Waals surface area contributed by atoms with Crippen LogP contribution in [0.5, 0.6) is 0 Å². The normalized spacial score (nSPS) is 15.2. The minimum atomic E-state index is -0.334. The second-order valence-corrected chi connectivity index (χ2v) is 7.41. The number of carbonyl (C=O) groups excluding carboxylic acids is 2. The molecule has 1 heterocycles. The number of piperidine rings is 1. The van der Waals surface area contributed by atoms with Crippen molar-refractivity contribution in [2.75, 3.05) is 30.3 Å². The molecule has 2 amide bonds. The van der Waals surface area contributed by atoms with Crippen molar-refractivity contribution >= 4 is 23.2 Å². The number of anilines is 2. The zero-order valence-electron chi connectivity index (χ0n) is 16.3. The van der Waals surface area contributed by atoms with Gasteiger partial charge in [0.2, 0.25) is 11.8 Å². The van der Waals surface area contributed by atoms with Gasteiger partial charge in [0.25, 0.3) is 0 Å². The Hall–Kier alpha value is -2.73. The molecule has 2 aromatic rings. The molecule has 1 saturated heterocycles. The van der Waals surface area contributed by atoms with Gasteiger partial charge >= 0.3 is 0 Å². The van der Waals surface area contributed by atoms with Crippen LogP contribution in [-0.4, -0.2) is 36.3 Å². The molecule has 0 unspecified atom stereocenters. The number of halogens is 1. The van der Waals surface area contributed by atoms with Gasteiger partial charge in [-0.05, 0) is 81.2 Å². The number of hydrogen-bond acceptors (Lipinski definition) is 3. The van der Waals surface area contributed by atoms with Gasteiger partial charge in [0, 0.05) is 17.3 Å². The molecule has 0 aromatic heterocycles. The molecule has 28 heavy (non-hydrogen) atoms. The van der Waals surface area contributed by atoms with Gasteiger partial charge in [-0.2, -0.15) is 0 Å². The third-order valence-corrected chi connectivity index (χ3v) is 5.10. The topological polar surface area (TPSA) is 61.4 Å². The summed E-state index contributed by atoms with van der Waals surface area (Å²) in [6.07, 6.45) is 1.45. The Morgan fingerprint density at radius 3 is 2.39 bits per heavy atom. The van der Waals surface area contributed by atoms with Crippen LogP contribution < -0.4 is 10.6 Å². The van der Waals surface area contributed by atoms with E-state index in [1.54, 1.807) is 0 Å². The van der Waals surface area contributed by atoms with Crippen LogP contribution in [0.25, 0.3) is 0 Å². The summed E-state index contributed by atoms with van der Waals surface area (Å²) in [4.78, 5) is 26.8. The summed E-state index contributed by atoms with van der Waals surface area (Å²) >= 11 is 0. The van der Waals surface area contributed by atoms with E-state index in [0.29, 0.717) is 18.8 Å². The number of carbonyl (C=O) groups is 2. The van der Waals surface area contributed by atoms with E-state index < -0.39 is 0 Å². The fourth-order valence-corrected chi connectivity index (χ4v) is 3.40. The summed E-state index contributed by atoms with van der Waals surface area (Å²) in [5.41, 5.74) is 3.61. The first-order valence-electron chi connectivity index (χ1n) is 9.56. The van der Waals surface area contributed by atoms with Gasteiger partial charge in [-0.15, -0.1) is 0 Å². The molecule has 5 nitrogen and oxygen atoms in total. The molecule has 1 aliphatic heterocycles. The number of aryl methyl sites for hydroxylation is 2. The Morgan fingerprint density at radius 1 is 1.04 bits per heavy atom. The molecular formula is C22H26FN3O2. The van der Waals surface area contributed by atoms with E-state index in [4.69, 9.17) is 0 Å². The van der Waals surface area contributed by atoms with Crippen molar-refractivity contribution in [3.8, 4) is 0 Å². The maximum Gasteiger partial charge on any atom is 0.238 e. The summed E-state index contributed by atoms with van der Waals surface area (Å²) in [6, 6.07) is 11.7. The SMILES string of the molecule is Cc1ccc(C)c(NC(=O)C2CCN(CC(=O)Nc3ccc(F)cc3)CC2)c1. The highest BCUT2D eigenvalue weighted by molar-refractivity contribution is 5.94. The maximum absolute atomic E-state index is 12.9. The lowest BCUT2D eigenvalue weighted by atomic mass is 9.95. The quantitative estimate of drug-likeness (QED) is 0.827. The van der Waals surface area contributed by atoms with E-state index in [1.165, 1.54) is 24.3 Å². The average Bonchev–Trinajstić information content (AvgIpc) is 2.67. The number of likely N-dealkylation sites (tertiary alicyclic amines) is 1. The van der Waals surface area contributed by atoms with Crippen LogP contribution in [0.1, 0.15) is 24.0 Å². The molecule has 6 heteroatoms. The summed E-state index contributed by atoms with van der Waals surface area (Å²) in [5, 5.41) is 5.81. The van der Waals surface area contributed by atoms with Crippen LogP contribution in [0.15, 0.2) is 42.5 Å². The Bertz CT molecular complexity index is 843. The van der Waals surface area contributed by atoms with Crippen LogP contribution in [0, 0.1) is 25.6 Å². The minimum Gasteiger partial charge on any atom is -0.326 e. The molecule has 0 saturated carbocycles. The van der Waals surface area contributed by atoms with Gasteiger partial charge < -0.3 is 10.6 Å². The molecule has 2 aromatic carbocycles. The molecule has 0 radical (unpaired) electrons. The van der Waals surface area contributed by atoms with E-state index in [-0.39, 0.29) is 30.1 Å². The van der Waals surface area contributed by atoms with Gasteiger partial charge in [0.05, 0.1) is 6.54 Å².